The Morgan fingerprint density at radius 1 is 1.09 bits per heavy atom. The predicted octanol–water partition coefficient (Wildman–Crippen LogP) is 2.87. The molecular weight excluding hydrogens is 446 g/mol. The first-order valence-corrected chi connectivity index (χ1v) is 11.6. The third-order valence-corrected chi connectivity index (χ3v) is 6.13. The Bertz CT molecular complexity index is 1220. The quantitative estimate of drug-likeness (QED) is 0.540. The van der Waals surface area contributed by atoms with Gasteiger partial charge in [0.15, 0.2) is 0 Å². The molecule has 0 radical (unpaired) electrons. The Kier molecular flexibility index (Phi) is 7.45. The van der Waals surface area contributed by atoms with E-state index in [0.29, 0.717) is 61.5 Å². The number of carboxylic acids is 1. The Labute approximate surface area is 203 Å². The maximum atomic E-state index is 12.9. The van der Waals surface area contributed by atoms with Gasteiger partial charge in [0.2, 0.25) is 0 Å². The molecule has 3 aromatic rings. The summed E-state index contributed by atoms with van der Waals surface area (Å²) in [5.41, 5.74) is 2.65. The molecule has 0 saturated carbocycles. The van der Waals surface area contributed by atoms with E-state index in [0.717, 1.165) is 5.56 Å². The zero-order valence-electron chi connectivity index (χ0n) is 19.5. The van der Waals surface area contributed by atoms with Gasteiger partial charge < -0.3 is 15.3 Å². The van der Waals surface area contributed by atoms with Crippen molar-refractivity contribution in [3.63, 3.8) is 0 Å². The fraction of sp³-hybridized carbons (Fsp3) is 0.308. The molecule has 0 spiro atoms. The molecule has 1 aromatic carbocycles. The first kappa shape index (κ1) is 24.0. The fourth-order valence-electron chi connectivity index (χ4n) is 4.26. The monoisotopic (exact) mass is 473 g/mol. The molecule has 9 nitrogen and oxygen atoms in total. The summed E-state index contributed by atoms with van der Waals surface area (Å²) in [4.78, 5) is 51.7. The number of likely N-dealkylation sites (tertiary alicyclic amines) is 1. The molecule has 0 bridgehead atoms. The van der Waals surface area contributed by atoms with Crippen LogP contribution in [-0.2, 0) is 6.42 Å². The predicted molar refractivity (Wildman–Crippen MR) is 128 cm³/mol. The van der Waals surface area contributed by atoms with Crippen molar-refractivity contribution in [1.29, 1.82) is 0 Å². The number of piperidine rings is 1. The summed E-state index contributed by atoms with van der Waals surface area (Å²) in [6, 6.07) is 9.90. The molecule has 0 atom stereocenters. The van der Waals surface area contributed by atoms with Crippen LogP contribution in [0.1, 0.15) is 66.9 Å². The van der Waals surface area contributed by atoms with Gasteiger partial charge in [-0.2, -0.15) is 0 Å². The van der Waals surface area contributed by atoms with Crippen molar-refractivity contribution >= 4 is 17.8 Å². The number of hydrogen-bond donors (Lipinski definition) is 2. The van der Waals surface area contributed by atoms with Crippen LogP contribution >= 0.6 is 0 Å². The number of pyridine rings is 1. The number of aromatic nitrogens is 3. The lowest BCUT2D eigenvalue weighted by atomic mass is 9.90. The van der Waals surface area contributed by atoms with Crippen molar-refractivity contribution in [3.8, 4) is 0 Å². The Morgan fingerprint density at radius 2 is 1.86 bits per heavy atom. The molecule has 0 unspecified atom stereocenters. The van der Waals surface area contributed by atoms with Crippen LogP contribution in [-0.4, -0.2) is 62.4 Å². The minimum atomic E-state index is -1.07. The van der Waals surface area contributed by atoms with E-state index < -0.39 is 5.97 Å². The summed E-state index contributed by atoms with van der Waals surface area (Å²) >= 11 is 0. The van der Waals surface area contributed by atoms with Crippen LogP contribution in [0.15, 0.2) is 55.0 Å². The molecule has 2 amide bonds. The normalized spacial score (nSPS) is 13.9. The lowest BCUT2D eigenvalue weighted by Gasteiger charge is -2.32. The number of nitrogens with zero attached hydrogens (tertiary/aromatic N) is 4. The second-order valence-corrected chi connectivity index (χ2v) is 8.54. The van der Waals surface area contributed by atoms with Gasteiger partial charge in [-0.1, -0.05) is 12.1 Å². The lowest BCUT2D eigenvalue weighted by Crippen LogP contribution is -2.38. The van der Waals surface area contributed by atoms with Crippen molar-refractivity contribution in [3.05, 3.63) is 88.8 Å². The SMILES string of the molecule is Cc1ncc(C(=O)NCCc2cccnc2)c(C2CCN(C(=O)c3cccc(C(=O)O)c3)CC2)n1. The molecule has 2 N–H and O–H groups in total. The molecule has 1 aliphatic rings. The zero-order valence-corrected chi connectivity index (χ0v) is 19.5. The number of aryl methyl sites for hydroxylation is 1. The van der Waals surface area contributed by atoms with Crippen molar-refractivity contribution in [2.75, 3.05) is 19.6 Å². The number of carbonyl (C=O) groups is 3. The van der Waals surface area contributed by atoms with Crippen molar-refractivity contribution in [1.82, 2.24) is 25.2 Å². The molecular formula is C26H27N5O4. The molecule has 9 heteroatoms. The average molecular weight is 474 g/mol. The number of benzene rings is 1. The molecule has 1 aliphatic heterocycles. The molecule has 180 valence electrons. The van der Waals surface area contributed by atoms with Crippen molar-refractivity contribution in [2.45, 2.75) is 32.1 Å². The van der Waals surface area contributed by atoms with E-state index in [9.17, 15) is 19.5 Å². The Morgan fingerprint density at radius 3 is 2.57 bits per heavy atom. The fourth-order valence-corrected chi connectivity index (χ4v) is 4.26. The maximum absolute atomic E-state index is 12.9. The highest BCUT2D eigenvalue weighted by atomic mass is 16.4. The first-order chi connectivity index (χ1) is 16.9. The van der Waals surface area contributed by atoms with E-state index >= 15 is 0 Å². The van der Waals surface area contributed by atoms with Gasteiger partial charge in [0.25, 0.3) is 11.8 Å². The van der Waals surface area contributed by atoms with Gasteiger partial charge in [-0.05, 0) is 56.0 Å². The van der Waals surface area contributed by atoms with Gasteiger partial charge in [0, 0.05) is 49.7 Å². The van der Waals surface area contributed by atoms with Crippen molar-refractivity contribution in [2.24, 2.45) is 0 Å². The molecule has 35 heavy (non-hydrogen) atoms. The molecule has 1 saturated heterocycles. The maximum Gasteiger partial charge on any atom is 0.335 e. The summed E-state index contributed by atoms with van der Waals surface area (Å²) in [7, 11) is 0. The number of carboxylic acid groups (broad SMARTS) is 1. The number of aromatic carboxylic acids is 1. The minimum absolute atomic E-state index is 0.0187. The Balaban J connectivity index is 1.40. The van der Waals surface area contributed by atoms with Gasteiger partial charge in [-0.15, -0.1) is 0 Å². The summed E-state index contributed by atoms with van der Waals surface area (Å²) in [5, 5.41) is 12.1. The number of nitrogens with one attached hydrogen (secondary N) is 1. The van der Waals surface area contributed by atoms with Crippen LogP contribution in [0, 0.1) is 6.92 Å². The van der Waals surface area contributed by atoms with Gasteiger partial charge in [0.05, 0.1) is 16.8 Å². The highest BCUT2D eigenvalue weighted by Gasteiger charge is 2.29. The molecule has 4 rings (SSSR count). The van der Waals surface area contributed by atoms with Gasteiger partial charge in [-0.3, -0.25) is 14.6 Å². The number of amides is 2. The Hall–Kier alpha value is -4.14. The first-order valence-electron chi connectivity index (χ1n) is 11.6. The number of hydrogen-bond acceptors (Lipinski definition) is 6. The minimum Gasteiger partial charge on any atom is -0.478 e. The standard InChI is InChI=1S/C26H27N5O4/c1-17-29-16-22(24(32)28-11-7-18-4-3-10-27-15-18)23(30-17)19-8-12-31(13-9-19)25(33)20-5-2-6-21(14-20)26(34)35/h2-6,10,14-16,19H,7-9,11-13H2,1H3,(H,28,32)(H,34,35). The summed E-state index contributed by atoms with van der Waals surface area (Å²) in [5.74, 6) is -0.864. The van der Waals surface area contributed by atoms with E-state index in [1.54, 1.807) is 42.5 Å². The van der Waals surface area contributed by atoms with Crippen LogP contribution in [0.25, 0.3) is 0 Å². The highest BCUT2D eigenvalue weighted by molar-refractivity contribution is 5.97. The van der Waals surface area contributed by atoms with Gasteiger partial charge in [-0.25, -0.2) is 14.8 Å². The third-order valence-electron chi connectivity index (χ3n) is 6.13. The number of carbonyl (C=O) groups excluding carboxylic acids is 2. The van der Waals surface area contributed by atoms with Crippen LogP contribution in [0.4, 0.5) is 0 Å². The second-order valence-electron chi connectivity index (χ2n) is 8.54. The van der Waals surface area contributed by atoms with E-state index in [-0.39, 0.29) is 23.3 Å². The van der Waals surface area contributed by atoms with E-state index in [1.807, 2.05) is 12.1 Å². The summed E-state index contributed by atoms with van der Waals surface area (Å²) in [6.45, 7) is 3.25. The molecule has 1 fully saturated rings. The summed E-state index contributed by atoms with van der Waals surface area (Å²) < 4.78 is 0. The smallest absolute Gasteiger partial charge is 0.335 e. The molecule has 0 aliphatic carbocycles. The largest absolute Gasteiger partial charge is 0.478 e. The van der Waals surface area contributed by atoms with Crippen LogP contribution in [0.3, 0.4) is 0 Å². The van der Waals surface area contributed by atoms with E-state index in [2.05, 4.69) is 20.3 Å². The van der Waals surface area contributed by atoms with Crippen LogP contribution < -0.4 is 5.32 Å². The van der Waals surface area contributed by atoms with Crippen LogP contribution in [0.2, 0.25) is 0 Å². The van der Waals surface area contributed by atoms with Crippen LogP contribution in [0.5, 0.6) is 0 Å². The van der Waals surface area contributed by atoms with Gasteiger partial charge in [0.1, 0.15) is 5.82 Å². The highest BCUT2D eigenvalue weighted by Crippen LogP contribution is 2.29. The van der Waals surface area contributed by atoms with Gasteiger partial charge >= 0.3 is 5.97 Å². The summed E-state index contributed by atoms with van der Waals surface area (Å²) in [6.07, 6.45) is 7.04. The average Bonchev–Trinajstić information content (AvgIpc) is 2.89. The third kappa shape index (κ3) is 5.87. The van der Waals surface area contributed by atoms with E-state index in [4.69, 9.17) is 0 Å². The molecule has 2 aromatic heterocycles. The topological polar surface area (TPSA) is 125 Å². The second kappa shape index (κ2) is 10.9. The molecule has 3 heterocycles. The number of rotatable bonds is 7. The lowest BCUT2D eigenvalue weighted by molar-refractivity contribution is 0.0696. The zero-order chi connectivity index (χ0) is 24.8. The van der Waals surface area contributed by atoms with Crippen molar-refractivity contribution < 1.29 is 19.5 Å². The van der Waals surface area contributed by atoms with E-state index in [1.165, 1.54) is 12.1 Å².